The highest BCUT2D eigenvalue weighted by atomic mass is 32.2. The molecule has 208 valence electrons. The van der Waals surface area contributed by atoms with E-state index in [0.717, 1.165) is 12.1 Å². The van der Waals surface area contributed by atoms with Gasteiger partial charge in [0.05, 0.1) is 37.0 Å². The standard InChI is InChI=1S/C26H24N4O9S/c1-37-23-14-21(24(38-2)13-20(23)29-27-16-4-6-17(7-5-16)39-10-9-31)30-28-19-8-3-15-11-18(40(34,35)36)12-22(32)25(15)26(19)33/h3-8,11-14,30-32H,9-10H2,1-2H3,(H,34,35,36)/b28-19-,29-27+. The molecule has 40 heavy (non-hydrogen) atoms. The van der Waals surface area contributed by atoms with Gasteiger partial charge in [-0.1, -0.05) is 6.08 Å². The van der Waals surface area contributed by atoms with Crippen molar-refractivity contribution in [3.63, 3.8) is 0 Å². The molecule has 3 aromatic rings. The molecule has 0 amide bonds. The quantitative estimate of drug-likeness (QED) is 0.157. The number of rotatable bonds is 10. The van der Waals surface area contributed by atoms with Crippen molar-refractivity contribution in [1.29, 1.82) is 0 Å². The summed E-state index contributed by atoms with van der Waals surface area (Å²) in [6, 6.07) is 11.7. The second-order valence-corrected chi connectivity index (χ2v) is 9.56. The first-order chi connectivity index (χ1) is 19.1. The third kappa shape index (κ3) is 6.26. The molecule has 1 aliphatic carbocycles. The minimum atomic E-state index is -4.58. The van der Waals surface area contributed by atoms with E-state index in [1.54, 1.807) is 36.4 Å². The summed E-state index contributed by atoms with van der Waals surface area (Å²) in [5.74, 6) is -0.0827. The molecule has 4 N–H and O–H groups in total. The average molecular weight is 569 g/mol. The summed E-state index contributed by atoms with van der Waals surface area (Å²) in [6.45, 7) is 0.0907. The van der Waals surface area contributed by atoms with Gasteiger partial charge in [0.2, 0.25) is 5.78 Å². The number of ether oxygens (including phenoxy) is 3. The molecular weight excluding hydrogens is 544 g/mol. The second-order valence-electron chi connectivity index (χ2n) is 8.14. The summed E-state index contributed by atoms with van der Waals surface area (Å²) in [5, 5.41) is 31.7. The minimum absolute atomic E-state index is 0.0846. The van der Waals surface area contributed by atoms with Crippen LogP contribution in [0.2, 0.25) is 0 Å². The number of allylic oxidation sites excluding steroid dienone is 1. The first-order valence-corrected chi connectivity index (χ1v) is 13.0. The molecule has 0 aliphatic heterocycles. The van der Waals surface area contributed by atoms with Crippen LogP contribution >= 0.6 is 0 Å². The Morgan fingerprint density at radius 3 is 2.33 bits per heavy atom. The Kier molecular flexibility index (Phi) is 8.43. The summed E-state index contributed by atoms with van der Waals surface area (Å²) >= 11 is 0. The molecular formula is C26H24N4O9S. The van der Waals surface area contributed by atoms with E-state index in [1.807, 2.05) is 0 Å². The van der Waals surface area contributed by atoms with E-state index in [0.29, 0.717) is 34.3 Å². The Hall–Kier alpha value is -4.79. The van der Waals surface area contributed by atoms with Gasteiger partial charge in [-0.15, -0.1) is 5.11 Å². The third-order valence-electron chi connectivity index (χ3n) is 5.57. The molecule has 0 heterocycles. The number of methoxy groups -OCH3 is 2. The molecule has 1 aliphatic rings. The van der Waals surface area contributed by atoms with Gasteiger partial charge in [-0.3, -0.25) is 14.8 Å². The number of fused-ring (bicyclic) bond motifs is 1. The molecule has 4 rings (SSSR count). The number of aliphatic hydroxyl groups excluding tert-OH is 1. The van der Waals surface area contributed by atoms with Gasteiger partial charge in [0.1, 0.15) is 46.7 Å². The highest BCUT2D eigenvalue weighted by Crippen LogP contribution is 2.39. The Bertz CT molecular complexity index is 1630. The van der Waals surface area contributed by atoms with Crippen molar-refractivity contribution >= 4 is 44.8 Å². The summed E-state index contributed by atoms with van der Waals surface area (Å²) in [4.78, 5) is 12.4. The molecule has 0 radical (unpaired) electrons. The predicted octanol–water partition coefficient (Wildman–Crippen LogP) is 4.12. The summed E-state index contributed by atoms with van der Waals surface area (Å²) in [6.07, 6.45) is 2.72. The molecule has 0 saturated heterocycles. The van der Waals surface area contributed by atoms with Gasteiger partial charge >= 0.3 is 0 Å². The van der Waals surface area contributed by atoms with Crippen LogP contribution in [0.5, 0.6) is 23.0 Å². The number of carbonyl (C=O) groups is 1. The van der Waals surface area contributed by atoms with E-state index in [2.05, 4.69) is 20.8 Å². The van der Waals surface area contributed by atoms with E-state index < -0.39 is 26.5 Å². The highest BCUT2D eigenvalue weighted by molar-refractivity contribution is 7.85. The number of carbonyl (C=O) groups excluding carboxylic acids is 1. The fraction of sp³-hybridized carbons (Fsp3) is 0.154. The highest BCUT2D eigenvalue weighted by Gasteiger charge is 2.26. The van der Waals surface area contributed by atoms with E-state index in [9.17, 15) is 22.9 Å². The summed E-state index contributed by atoms with van der Waals surface area (Å²) < 4.78 is 48.3. The number of aliphatic hydroxyl groups is 1. The Morgan fingerprint density at radius 1 is 0.950 bits per heavy atom. The monoisotopic (exact) mass is 568 g/mol. The first kappa shape index (κ1) is 28.2. The van der Waals surface area contributed by atoms with Crippen LogP contribution in [-0.2, 0) is 10.1 Å². The SMILES string of the molecule is COc1cc(N/N=C2/C=Cc3cc(S(=O)(=O)O)cc(O)c3C2=O)c(OC)cc1/N=N/c1ccc(OCCO)cc1. The molecule has 0 spiro atoms. The van der Waals surface area contributed by atoms with Crippen LogP contribution in [0.4, 0.5) is 17.1 Å². The maximum Gasteiger partial charge on any atom is 0.294 e. The van der Waals surface area contributed by atoms with Crippen molar-refractivity contribution in [2.45, 2.75) is 4.90 Å². The topological polar surface area (TPSA) is 189 Å². The zero-order chi connectivity index (χ0) is 28.9. The molecule has 14 heteroatoms. The zero-order valence-corrected chi connectivity index (χ0v) is 22.0. The molecule has 0 aromatic heterocycles. The predicted molar refractivity (Wildman–Crippen MR) is 145 cm³/mol. The number of azo groups is 1. The number of anilines is 1. The van der Waals surface area contributed by atoms with E-state index in [4.69, 9.17) is 19.3 Å². The largest absolute Gasteiger partial charge is 0.507 e. The normalized spacial score (nSPS) is 13.9. The van der Waals surface area contributed by atoms with Gasteiger partial charge in [0, 0.05) is 18.2 Å². The van der Waals surface area contributed by atoms with Gasteiger partial charge < -0.3 is 24.4 Å². The maximum atomic E-state index is 12.9. The van der Waals surface area contributed by atoms with Crippen molar-refractivity contribution in [2.75, 3.05) is 32.9 Å². The van der Waals surface area contributed by atoms with E-state index >= 15 is 0 Å². The van der Waals surface area contributed by atoms with Gasteiger partial charge in [-0.25, -0.2) is 0 Å². The minimum Gasteiger partial charge on any atom is -0.507 e. The van der Waals surface area contributed by atoms with Crippen molar-refractivity contribution in [2.24, 2.45) is 15.3 Å². The summed E-state index contributed by atoms with van der Waals surface area (Å²) in [5.41, 5.74) is 3.82. The number of hydrogen-bond donors (Lipinski definition) is 4. The summed E-state index contributed by atoms with van der Waals surface area (Å²) in [7, 11) is -1.71. The Labute approximate surface area is 228 Å². The van der Waals surface area contributed by atoms with Crippen molar-refractivity contribution < 1.29 is 42.2 Å². The lowest BCUT2D eigenvalue weighted by atomic mass is 9.94. The van der Waals surface area contributed by atoms with Gasteiger partial charge in [0.15, 0.2) is 0 Å². The molecule has 0 unspecified atom stereocenters. The molecule has 3 aromatic carbocycles. The number of phenols is 1. The Morgan fingerprint density at radius 2 is 1.68 bits per heavy atom. The Balaban J connectivity index is 1.57. The number of nitrogens with one attached hydrogen (secondary N) is 1. The molecule has 0 fully saturated rings. The second kappa shape index (κ2) is 11.9. The number of nitrogens with zero attached hydrogens (tertiary/aromatic N) is 3. The number of Topliss-reactive ketones (excluding diaryl/α,β-unsaturated/α-hetero) is 1. The molecule has 0 bridgehead atoms. The van der Waals surface area contributed by atoms with Crippen LogP contribution in [0.3, 0.4) is 0 Å². The van der Waals surface area contributed by atoms with E-state index in [-0.39, 0.29) is 30.1 Å². The van der Waals surface area contributed by atoms with Crippen LogP contribution in [-0.4, -0.2) is 62.1 Å². The van der Waals surface area contributed by atoms with Crippen LogP contribution < -0.4 is 19.6 Å². The van der Waals surface area contributed by atoms with Crippen LogP contribution in [0.25, 0.3) is 6.08 Å². The van der Waals surface area contributed by atoms with Crippen LogP contribution in [0.1, 0.15) is 15.9 Å². The number of phenolic OH excluding ortho intramolecular Hbond substituents is 1. The lowest BCUT2D eigenvalue weighted by molar-refractivity contribution is 0.106. The number of hydrogen-bond acceptors (Lipinski definition) is 12. The lowest BCUT2D eigenvalue weighted by Crippen LogP contribution is -2.19. The van der Waals surface area contributed by atoms with Crippen molar-refractivity contribution in [3.05, 3.63) is 65.7 Å². The van der Waals surface area contributed by atoms with Gasteiger partial charge in [0.25, 0.3) is 10.1 Å². The maximum absolute atomic E-state index is 12.9. The van der Waals surface area contributed by atoms with Gasteiger partial charge in [-0.05, 0) is 42.0 Å². The van der Waals surface area contributed by atoms with Crippen LogP contribution in [0.15, 0.2) is 74.8 Å². The first-order valence-electron chi connectivity index (χ1n) is 11.6. The third-order valence-corrected chi connectivity index (χ3v) is 6.40. The number of benzene rings is 3. The number of ketones is 1. The van der Waals surface area contributed by atoms with Crippen LogP contribution in [0, 0.1) is 0 Å². The zero-order valence-electron chi connectivity index (χ0n) is 21.2. The number of aromatic hydroxyl groups is 1. The molecule has 0 atom stereocenters. The fourth-order valence-corrected chi connectivity index (χ4v) is 4.20. The smallest absolute Gasteiger partial charge is 0.294 e. The lowest BCUT2D eigenvalue weighted by Gasteiger charge is -2.15. The number of hydrazone groups is 1. The molecule has 13 nitrogen and oxygen atoms in total. The van der Waals surface area contributed by atoms with Gasteiger partial charge in [-0.2, -0.15) is 18.6 Å². The average Bonchev–Trinajstić information content (AvgIpc) is 2.94. The van der Waals surface area contributed by atoms with E-state index in [1.165, 1.54) is 26.4 Å². The fourth-order valence-electron chi connectivity index (χ4n) is 3.66. The van der Waals surface area contributed by atoms with Crippen molar-refractivity contribution in [3.8, 4) is 23.0 Å². The molecule has 0 saturated carbocycles. The van der Waals surface area contributed by atoms with Crippen molar-refractivity contribution in [1.82, 2.24) is 0 Å².